The van der Waals surface area contributed by atoms with Gasteiger partial charge in [-0.15, -0.1) is 0 Å². The maximum absolute atomic E-state index is 11.8. The molecule has 6 nitrogen and oxygen atoms in total. The van der Waals surface area contributed by atoms with Crippen LogP contribution in [0.3, 0.4) is 0 Å². The third-order valence-corrected chi connectivity index (χ3v) is 3.08. The standard InChI is InChI=1S/C15H22N2O4/c1-2-3-4-5-6-7-8-11-21-15(20)13-12(14(18)19)16-9-10-17-13/h9-10H,2-8,11H2,1H3,(H,18,19). The molecule has 116 valence electrons. The van der Waals surface area contributed by atoms with E-state index in [2.05, 4.69) is 16.9 Å². The molecular formula is C15H22N2O4. The lowest BCUT2D eigenvalue weighted by molar-refractivity contribution is 0.0478. The Morgan fingerprint density at radius 1 is 1.00 bits per heavy atom. The molecule has 0 aliphatic heterocycles. The van der Waals surface area contributed by atoms with E-state index in [0.29, 0.717) is 0 Å². The molecule has 0 atom stereocenters. The molecule has 0 aromatic carbocycles. The van der Waals surface area contributed by atoms with Crippen molar-refractivity contribution >= 4 is 11.9 Å². The van der Waals surface area contributed by atoms with Crippen LogP contribution in [-0.2, 0) is 4.74 Å². The molecule has 6 heteroatoms. The van der Waals surface area contributed by atoms with Crippen LogP contribution in [0.25, 0.3) is 0 Å². The summed E-state index contributed by atoms with van der Waals surface area (Å²) in [5.41, 5.74) is -0.616. The lowest BCUT2D eigenvalue weighted by atomic mass is 10.1. The van der Waals surface area contributed by atoms with Gasteiger partial charge in [0.1, 0.15) is 0 Å². The second kappa shape index (κ2) is 9.85. The third kappa shape index (κ3) is 6.33. The minimum absolute atomic E-state index is 0.243. The molecule has 1 heterocycles. The second-order valence-corrected chi connectivity index (χ2v) is 4.82. The molecule has 21 heavy (non-hydrogen) atoms. The van der Waals surface area contributed by atoms with Gasteiger partial charge < -0.3 is 9.84 Å². The zero-order valence-corrected chi connectivity index (χ0v) is 12.4. The maximum Gasteiger partial charge on any atom is 0.359 e. The van der Waals surface area contributed by atoms with Crippen molar-refractivity contribution in [2.24, 2.45) is 0 Å². The lowest BCUT2D eigenvalue weighted by Crippen LogP contribution is -2.15. The van der Waals surface area contributed by atoms with E-state index in [4.69, 9.17) is 9.84 Å². The summed E-state index contributed by atoms with van der Waals surface area (Å²) >= 11 is 0. The van der Waals surface area contributed by atoms with Gasteiger partial charge in [-0.2, -0.15) is 0 Å². The molecule has 0 fully saturated rings. The number of carbonyl (C=O) groups is 2. The molecule has 0 amide bonds. The summed E-state index contributed by atoms with van der Waals surface area (Å²) in [4.78, 5) is 30.0. The number of ether oxygens (including phenoxy) is 1. The Hall–Kier alpha value is -1.98. The monoisotopic (exact) mass is 294 g/mol. The van der Waals surface area contributed by atoms with Crippen molar-refractivity contribution < 1.29 is 19.4 Å². The van der Waals surface area contributed by atoms with Crippen LogP contribution in [0.5, 0.6) is 0 Å². The number of carboxylic acids is 1. The molecule has 0 bridgehead atoms. The molecule has 0 aliphatic carbocycles. The average molecular weight is 294 g/mol. The van der Waals surface area contributed by atoms with Crippen molar-refractivity contribution in [1.29, 1.82) is 0 Å². The van der Waals surface area contributed by atoms with Crippen molar-refractivity contribution in [3.63, 3.8) is 0 Å². The fraction of sp³-hybridized carbons (Fsp3) is 0.600. The first kappa shape index (κ1) is 17.1. The minimum atomic E-state index is -1.29. The van der Waals surface area contributed by atoms with Gasteiger partial charge in [0, 0.05) is 12.4 Å². The molecule has 0 aliphatic rings. The van der Waals surface area contributed by atoms with E-state index in [9.17, 15) is 9.59 Å². The molecule has 1 aromatic heterocycles. The fourth-order valence-corrected chi connectivity index (χ4v) is 1.94. The zero-order chi connectivity index (χ0) is 15.5. The predicted octanol–water partition coefficient (Wildman–Crippen LogP) is 3.08. The number of carboxylic acid groups (broad SMARTS) is 1. The number of hydrogen-bond donors (Lipinski definition) is 1. The van der Waals surface area contributed by atoms with Gasteiger partial charge >= 0.3 is 11.9 Å². The van der Waals surface area contributed by atoms with Crippen LogP contribution in [0.2, 0.25) is 0 Å². The number of carbonyl (C=O) groups excluding carboxylic acids is 1. The van der Waals surface area contributed by atoms with Gasteiger partial charge in [0.25, 0.3) is 0 Å². The smallest absolute Gasteiger partial charge is 0.359 e. The summed E-state index contributed by atoms with van der Waals surface area (Å²) in [7, 11) is 0. The normalized spacial score (nSPS) is 10.3. The van der Waals surface area contributed by atoms with Crippen molar-refractivity contribution in [3.05, 3.63) is 23.8 Å². The van der Waals surface area contributed by atoms with Gasteiger partial charge in [-0.05, 0) is 6.42 Å². The highest BCUT2D eigenvalue weighted by Gasteiger charge is 2.20. The van der Waals surface area contributed by atoms with Crippen LogP contribution in [-0.4, -0.2) is 33.6 Å². The highest BCUT2D eigenvalue weighted by Crippen LogP contribution is 2.08. The highest BCUT2D eigenvalue weighted by atomic mass is 16.5. The van der Waals surface area contributed by atoms with E-state index in [0.717, 1.165) is 19.3 Å². The maximum atomic E-state index is 11.8. The van der Waals surface area contributed by atoms with E-state index in [1.165, 1.54) is 38.1 Å². The quantitative estimate of drug-likeness (QED) is 0.527. The lowest BCUT2D eigenvalue weighted by Gasteiger charge is -2.05. The summed E-state index contributed by atoms with van der Waals surface area (Å²) < 4.78 is 5.04. The molecule has 0 saturated carbocycles. The third-order valence-electron chi connectivity index (χ3n) is 3.08. The Bertz CT molecular complexity index is 463. The molecule has 1 rings (SSSR count). The predicted molar refractivity (Wildman–Crippen MR) is 77.3 cm³/mol. The SMILES string of the molecule is CCCCCCCCCOC(=O)c1nccnc1C(=O)O. The molecular weight excluding hydrogens is 272 g/mol. The van der Waals surface area contributed by atoms with Gasteiger partial charge in [-0.25, -0.2) is 19.6 Å². The summed E-state index contributed by atoms with van der Waals surface area (Å²) in [5.74, 6) is -2.02. The number of hydrogen-bond acceptors (Lipinski definition) is 5. The largest absolute Gasteiger partial charge is 0.476 e. The molecule has 0 spiro atoms. The molecule has 0 saturated heterocycles. The van der Waals surface area contributed by atoms with Gasteiger partial charge in [-0.3, -0.25) is 0 Å². The summed E-state index contributed by atoms with van der Waals surface area (Å²) in [6, 6.07) is 0. The van der Waals surface area contributed by atoms with Crippen LogP contribution in [0.1, 0.15) is 72.8 Å². The van der Waals surface area contributed by atoms with Crippen molar-refractivity contribution in [3.8, 4) is 0 Å². The van der Waals surface area contributed by atoms with Crippen LogP contribution in [0.15, 0.2) is 12.4 Å². The van der Waals surface area contributed by atoms with Crippen molar-refractivity contribution in [2.45, 2.75) is 51.9 Å². The number of aromatic carboxylic acids is 1. The number of unbranched alkanes of at least 4 members (excludes halogenated alkanes) is 6. The van der Waals surface area contributed by atoms with Crippen LogP contribution >= 0.6 is 0 Å². The number of nitrogens with zero attached hydrogens (tertiary/aromatic N) is 2. The van der Waals surface area contributed by atoms with E-state index in [1.807, 2.05) is 0 Å². The Morgan fingerprint density at radius 3 is 2.19 bits per heavy atom. The van der Waals surface area contributed by atoms with Gasteiger partial charge in [-0.1, -0.05) is 45.4 Å². The van der Waals surface area contributed by atoms with E-state index in [-0.39, 0.29) is 18.0 Å². The van der Waals surface area contributed by atoms with Crippen LogP contribution in [0.4, 0.5) is 0 Å². The van der Waals surface area contributed by atoms with E-state index in [1.54, 1.807) is 0 Å². The number of esters is 1. The summed E-state index contributed by atoms with van der Waals surface area (Å²) in [6.07, 6.45) is 10.4. The average Bonchev–Trinajstić information content (AvgIpc) is 2.49. The Labute approximate surface area is 124 Å². The molecule has 1 N–H and O–H groups in total. The number of aromatic nitrogens is 2. The Balaban J connectivity index is 2.27. The minimum Gasteiger partial charge on any atom is -0.476 e. The van der Waals surface area contributed by atoms with Crippen LogP contribution in [0, 0.1) is 0 Å². The Morgan fingerprint density at radius 2 is 1.57 bits per heavy atom. The van der Waals surface area contributed by atoms with Crippen molar-refractivity contribution in [1.82, 2.24) is 9.97 Å². The molecule has 0 unspecified atom stereocenters. The van der Waals surface area contributed by atoms with E-state index < -0.39 is 11.9 Å². The molecule has 1 aromatic rings. The van der Waals surface area contributed by atoms with Gasteiger partial charge in [0.05, 0.1) is 6.61 Å². The first-order valence-electron chi connectivity index (χ1n) is 7.38. The summed E-state index contributed by atoms with van der Waals surface area (Å²) in [5, 5.41) is 8.92. The highest BCUT2D eigenvalue weighted by molar-refractivity contribution is 5.99. The van der Waals surface area contributed by atoms with Gasteiger partial charge in [0.2, 0.25) is 0 Å². The zero-order valence-electron chi connectivity index (χ0n) is 12.4. The topological polar surface area (TPSA) is 89.4 Å². The first-order valence-corrected chi connectivity index (χ1v) is 7.38. The summed E-state index contributed by atoms with van der Waals surface area (Å²) in [6.45, 7) is 2.46. The van der Waals surface area contributed by atoms with E-state index >= 15 is 0 Å². The number of rotatable bonds is 10. The Kier molecular flexibility index (Phi) is 8.01. The van der Waals surface area contributed by atoms with Gasteiger partial charge in [0.15, 0.2) is 11.4 Å². The van der Waals surface area contributed by atoms with Crippen LogP contribution < -0.4 is 0 Å². The fourth-order valence-electron chi connectivity index (χ4n) is 1.94. The second-order valence-electron chi connectivity index (χ2n) is 4.82. The van der Waals surface area contributed by atoms with Crippen molar-refractivity contribution in [2.75, 3.05) is 6.61 Å². The molecule has 0 radical (unpaired) electrons. The first-order chi connectivity index (χ1) is 10.2.